The summed E-state index contributed by atoms with van der Waals surface area (Å²) < 4.78 is 23.5. The maximum Gasteiger partial charge on any atom is 0.152 e. The number of alkyl halides is 1. The zero-order valence-electron chi connectivity index (χ0n) is 10.3. The lowest BCUT2D eigenvalue weighted by molar-refractivity contribution is 0.449. The first kappa shape index (κ1) is 14.5. The molecule has 1 rings (SSSR count). The second-order valence-electron chi connectivity index (χ2n) is 5.19. The molecule has 0 aromatic rings. The molecule has 1 aliphatic carbocycles. The molecule has 0 amide bonds. The smallest absolute Gasteiger partial charge is 0.152 e. The van der Waals surface area contributed by atoms with Crippen LogP contribution in [0.1, 0.15) is 52.4 Å². The Morgan fingerprint density at radius 3 is 2.50 bits per heavy atom. The van der Waals surface area contributed by atoms with Crippen molar-refractivity contribution in [3.05, 3.63) is 0 Å². The summed E-state index contributed by atoms with van der Waals surface area (Å²) in [6, 6.07) is 0. The molecular weight excluding hydrogens is 288 g/mol. The molecular formula is C12H23BrO2S. The van der Waals surface area contributed by atoms with Crippen LogP contribution in [-0.2, 0) is 9.84 Å². The van der Waals surface area contributed by atoms with Gasteiger partial charge in [0.15, 0.2) is 9.84 Å². The van der Waals surface area contributed by atoms with Crippen LogP contribution in [-0.4, -0.2) is 24.2 Å². The highest BCUT2D eigenvalue weighted by Crippen LogP contribution is 2.30. The third-order valence-corrected chi connectivity index (χ3v) is 6.57. The summed E-state index contributed by atoms with van der Waals surface area (Å²) in [7, 11) is -2.84. The van der Waals surface area contributed by atoms with E-state index in [1.807, 2.05) is 0 Å². The molecule has 0 radical (unpaired) electrons. The lowest BCUT2D eigenvalue weighted by Gasteiger charge is -2.16. The Morgan fingerprint density at radius 1 is 1.25 bits per heavy atom. The molecule has 1 saturated carbocycles. The zero-order valence-corrected chi connectivity index (χ0v) is 12.7. The van der Waals surface area contributed by atoms with Gasteiger partial charge in [0.2, 0.25) is 0 Å². The molecule has 1 fully saturated rings. The molecule has 0 aromatic carbocycles. The fraction of sp³-hybridized carbons (Fsp3) is 1.00. The van der Waals surface area contributed by atoms with Crippen molar-refractivity contribution in [2.75, 3.05) is 5.75 Å². The van der Waals surface area contributed by atoms with Gasteiger partial charge in [-0.1, -0.05) is 35.2 Å². The minimum atomic E-state index is -2.84. The SMILES string of the molecule is CC(C)S(=O)(=O)CCC1CCCCC(Br)C1. The fourth-order valence-electron chi connectivity index (χ4n) is 2.23. The van der Waals surface area contributed by atoms with E-state index in [1.165, 1.54) is 25.7 Å². The van der Waals surface area contributed by atoms with Crippen LogP contribution < -0.4 is 0 Å². The standard InChI is InChI=1S/C12H23BrO2S/c1-10(2)16(14,15)8-7-11-5-3-4-6-12(13)9-11/h10-12H,3-9H2,1-2H3. The highest BCUT2D eigenvalue weighted by molar-refractivity contribution is 9.09. The largest absolute Gasteiger partial charge is 0.229 e. The molecule has 2 atom stereocenters. The molecule has 0 saturated heterocycles. The van der Waals surface area contributed by atoms with Crippen LogP contribution in [0.4, 0.5) is 0 Å². The first-order valence-corrected chi connectivity index (χ1v) is 8.90. The number of sulfone groups is 1. The lowest BCUT2D eigenvalue weighted by Crippen LogP contribution is -2.20. The van der Waals surface area contributed by atoms with E-state index in [9.17, 15) is 8.42 Å². The summed E-state index contributed by atoms with van der Waals surface area (Å²) >= 11 is 3.68. The highest BCUT2D eigenvalue weighted by Gasteiger charge is 2.22. The van der Waals surface area contributed by atoms with E-state index < -0.39 is 9.84 Å². The van der Waals surface area contributed by atoms with Gasteiger partial charge in [-0.15, -0.1) is 0 Å². The second kappa shape index (κ2) is 6.39. The van der Waals surface area contributed by atoms with E-state index in [0.717, 1.165) is 12.8 Å². The van der Waals surface area contributed by atoms with E-state index in [-0.39, 0.29) is 5.25 Å². The van der Waals surface area contributed by atoms with E-state index >= 15 is 0 Å². The van der Waals surface area contributed by atoms with Crippen LogP contribution in [0.25, 0.3) is 0 Å². The van der Waals surface area contributed by atoms with Crippen molar-refractivity contribution >= 4 is 25.8 Å². The van der Waals surface area contributed by atoms with Gasteiger partial charge in [-0.3, -0.25) is 0 Å². The summed E-state index contributed by atoms with van der Waals surface area (Å²) in [6.07, 6.45) is 6.98. The molecule has 0 heterocycles. The predicted molar refractivity (Wildman–Crippen MR) is 72.8 cm³/mol. The minimum absolute atomic E-state index is 0.224. The van der Waals surface area contributed by atoms with Crippen molar-refractivity contribution in [3.8, 4) is 0 Å². The number of rotatable bonds is 4. The molecule has 0 aromatic heterocycles. The van der Waals surface area contributed by atoms with Crippen molar-refractivity contribution in [1.29, 1.82) is 0 Å². The normalized spacial score (nSPS) is 28.0. The third-order valence-electron chi connectivity index (χ3n) is 3.50. The van der Waals surface area contributed by atoms with Crippen molar-refractivity contribution in [1.82, 2.24) is 0 Å². The molecule has 96 valence electrons. The van der Waals surface area contributed by atoms with Gasteiger partial charge in [0.05, 0.1) is 11.0 Å². The Kier molecular flexibility index (Phi) is 5.78. The minimum Gasteiger partial charge on any atom is -0.229 e. The van der Waals surface area contributed by atoms with Gasteiger partial charge in [0.25, 0.3) is 0 Å². The molecule has 1 aliphatic rings. The van der Waals surface area contributed by atoms with E-state index in [0.29, 0.717) is 16.5 Å². The van der Waals surface area contributed by atoms with Gasteiger partial charge in [0, 0.05) is 4.83 Å². The average Bonchev–Trinajstić information content (AvgIpc) is 2.39. The topological polar surface area (TPSA) is 34.1 Å². The van der Waals surface area contributed by atoms with Gasteiger partial charge in [-0.25, -0.2) is 8.42 Å². The van der Waals surface area contributed by atoms with Crippen LogP contribution in [0.15, 0.2) is 0 Å². The van der Waals surface area contributed by atoms with Crippen LogP contribution in [0.2, 0.25) is 0 Å². The molecule has 4 heteroatoms. The second-order valence-corrected chi connectivity index (χ2v) is 9.16. The zero-order chi connectivity index (χ0) is 12.2. The van der Waals surface area contributed by atoms with Gasteiger partial charge in [0.1, 0.15) is 0 Å². The molecule has 0 aliphatic heterocycles. The first-order chi connectivity index (χ1) is 7.42. The van der Waals surface area contributed by atoms with Crippen LogP contribution in [0.3, 0.4) is 0 Å². The Labute approximate surface area is 108 Å². The predicted octanol–water partition coefficient (Wildman–Crippen LogP) is 3.54. The number of halogens is 1. The van der Waals surface area contributed by atoms with Crippen LogP contribution in [0, 0.1) is 5.92 Å². The van der Waals surface area contributed by atoms with Crippen molar-refractivity contribution in [3.63, 3.8) is 0 Å². The van der Waals surface area contributed by atoms with E-state index in [2.05, 4.69) is 15.9 Å². The summed E-state index contributed by atoms with van der Waals surface area (Å²) in [6.45, 7) is 3.55. The Hall–Kier alpha value is 0.430. The Morgan fingerprint density at radius 2 is 1.88 bits per heavy atom. The molecule has 0 bridgehead atoms. The van der Waals surface area contributed by atoms with Crippen molar-refractivity contribution in [2.24, 2.45) is 5.92 Å². The maximum atomic E-state index is 11.7. The Bertz CT molecular complexity index is 298. The summed E-state index contributed by atoms with van der Waals surface area (Å²) in [4.78, 5) is 0.599. The van der Waals surface area contributed by atoms with Gasteiger partial charge >= 0.3 is 0 Å². The molecule has 2 nitrogen and oxygen atoms in total. The average molecular weight is 311 g/mol. The molecule has 0 N–H and O–H groups in total. The monoisotopic (exact) mass is 310 g/mol. The highest BCUT2D eigenvalue weighted by atomic mass is 79.9. The quantitative estimate of drug-likeness (QED) is 0.588. The fourth-order valence-corrected chi connectivity index (χ4v) is 4.21. The number of hydrogen-bond donors (Lipinski definition) is 0. The Balaban J connectivity index is 2.42. The van der Waals surface area contributed by atoms with Crippen LogP contribution in [0.5, 0.6) is 0 Å². The molecule has 0 spiro atoms. The van der Waals surface area contributed by atoms with Gasteiger partial charge in [-0.2, -0.15) is 0 Å². The molecule has 16 heavy (non-hydrogen) atoms. The third kappa shape index (κ3) is 4.74. The van der Waals surface area contributed by atoms with Crippen molar-refractivity contribution < 1.29 is 8.42 Å². The molecule has 2 unspecified atom stereocenters. The summed E-state index contributed by atoms with van der Waals surface area (Å²) in [5.74, 6) is 0.968. The lowest BCUT2D eigenvalue weighted by atomic mass is 9.98. The van der Waals surface area contributed by atoms with E-state index in [4.69, 9.17) is 0 Å². The van der Waals surface area contributed by atoms with E-state index in [1.54, 1.807) is 13.8 Å². The van der Waals surface area contributed by atoms with Gasteiger partial charge in [-0.05, 0) is 39.0 Å². The summed E-state index contributed by atoms with van der Waals surface area (Å²) in [5.41, 5.74) is 0. The first-order valence-electron chi connectivity index (χ1n) is 6.27. The van der Waals surface area contributed by atoms with Crippen LogP contribution >= 0.6 is 15.9 Å². The van der Waals surface area contributed by atoms with Crippen molar-refractivity contribution in [2.45, 2.75) is 62.4 Å². The maximum absolute atomic E-state index is 11.7. The summed E-state index contributed by atoms with van der Waals surface area (Å²) in [5, 5.41) is -0.224. The van der Waals surface area contributed by atoms with Gasteiger partial charge < -0.3 is 0 Å². The number of hydrogen-bond acceptors (Lipinski definition) is 2.